The van der Waals surface area contributed by atoms with E-state index in [4.69, 9.17) is 10.5 Å². The molecule has 0 heterocycles. The quantitative estimate of drug-likeness (QED) is 0.665. The first-order valence-electron chi connectivity index (χ1n) is 5.71. The molecule has 0 aliphatic heterocycles. The summed E-state index contributed by atoms with van der Waals surface area (Å²) in [5.41, 5.74) is 0.454. The largest absolute Gasteiger partial charge is 0.450 e. The first-order chi connectivity index (χ1) is 9.62. The van der Waals surface area contributed by atoms with Crippen LogP contribution in [0.5, 0.6) is 0 Å². The molecule has 100 valence electrons. The molecule has 0 spiro atoms. The van der Waals surface area contributed by atoms with E-state index >= 15 is 0 Å². The van der Waals surface area contributed by atoms with Crippen molar-refractivity contribution >= 4 is 18.1 Å². The van der Waals surface area contributed by atoms with Crippen molar-refractivity contribution in [2.45, 2.75) is 6.92 Å². The predicted molar refractivity (Wildman–Crippen MR) is 69.9 cm³/mol. The van der Waals surface area contributed by atoms with Crippen LogP contribution in [0, 0.1) is 22.7 Å². The summed E-state index contributed by atoms with van der Waals surface area (Å²) in [6.45, 7) is 1.70. The molecule has 1 N–H and O–H groups in total. The number of carbonyl (C=O) groups is 2. The molecule has 1 aromatic rings. The number of alkyl carbamates (subject to hydrolysis) is 1. The van der Waals surface area contributed by atoms with E-state index in [1.807, 2.05) is 11.4 Å². The molecule has 1 aromatic carbocycles. The molecule has 0 aliphatic rings. The number of hydrogen-bond donors (Lipinski definition) is 1. The van der Waals surface area contributed by atoms with Crippen molar-refractivity contribution in [3.05, 3.63) is 41.0 Å². The molecular weight excluding hydrogens is 258 g/mol. The Morgan fingerprint density at radius 2 is 2.05 bits per heavy atom. The minimum Gasteiger partial charge on any atom is -0.450 e. The Morgan fingerprint density at radius 1 is 1.35 bits per heavy atom. The van der Waals surface area contributed by atoms with Crippen molar-refractivity contribution in [2.75, 3.05) is 6.61 Å². The van der Waals surface area contributed by atoms with E-state index in [9.17, 15) is 9.59 Å². The molecular formula is C14H11N3O3. The second-order valence-corrected chi connectivity index (χ2v) is 3.54. The Kier molecular flexibility index (Phi) is 5.49. The molecule has 0 aromatic heterocycles. The molecule has 6 nitrogen and oxygen atoms in total. The number of amides is 2. The highest BCUT2D eigenvalue weighted by Gasteiger charge is 2.14. The number of hydrogen-bond acceptors (Lipinski definition) is 5. The third-order valence-corrected chi connectivity index (χ3v) is 2.24. The van der Waals surface area contributed by atoms with Crippen molar-refractivity contribution in [3.63, 3.8) is 0 Å². The van der Waals surface area contributed by atoms with Gasteiger partial charge in [0.25, 0.3) is 5.91 Å². The van der Waals surface area contributed by atoms with Crippen molar-refractivity contribution in [1.29, 1.82) is 10.5 Å². The van der Waals surface area contributed by atoms with Gasteiger partial charge in [-0.05, 0) is 24.6 Å². The highest BCUT2D eigenvalue weighted by atomic mass is 16.5. The fraction of sp³-hybridized carbons (Fsp3) is 0.143. The smallest absolute Gasteiger partial charge is 0.414 e. The maximum atomic E-state index is 11.7. The number of nitriles is 2. The Labute approximate surface area is 115 Å². The number of carbonyl (C=O) groups excluding carboxylic acids is 2. The molecule has 20 heavy (non-hydrogen) atoms. The van der Waals surface area contributed by atoms with Crippen LogP contribution < -0.4 is 5.32 Å². The summed E-state index contributed by atoms with van der Waals surface area (Å²) < 4.78 is 4.54. The van der Waals surface area contributed by atoms with Gasteiger partial charge in [0.1, 0.15) is 11.6 Å². The van der Waals surface area contributed by atoms with E-state index < -0.39 is 12.0 Å². The van der Waals surface area contributed by atoms with E-state index in [2.05, 4.69) is 4.74 Å². The van der Waals surface area contributed by atoms with E-state index in [1.54, 1.807) is 37.3 Å². The average molecular weight is 269 g/mol. The van der Waals surface area contributed by atoms with E-state index in [0.717, 1.165) is 0 Å². The number of ether oxygens (including phenoxy) is 1. The summed E-state index contributed by atoms with van der Waals surface area (Å²) in [4.78, 5) is 22.8. The van der Waals surface area contributed by atoms with Crippen LogP contribution >= 0.6 is 0 Å². The molecule has 0 bridgehead atoms. The van der Waals surface area contributed by atoms with E-state index in [0.29, 0.717) is 11.1 Å². The number of nitrogens with zero attached hydrogens (tertiary/aromatic N) is 2. The zero-order valence-electron chi connectivity index (χ0n) is 10.7. The van der Waals surface area contributed by atoms with Gasteiger partial charge in [-0.25, -0.2) is 4.79 Å². The van der Waals surface area contributed by atoms with Gasteiger partial charge in [0.05, 0.1) is 18.2 Å². The molecule has 0 unspecified atom stereocenters. The lowest BCUT2D eigenvalue weighted by atomic mass is 10.1. The van der Waals surface area contributed by atoms with Gasteiger partial charge >= 0.3 is 6.09 Å². The first-order valence-corrected chi connectivity index (χ1v) is 5.71. The van der Waals surface area contributed by atoms with Gasteiger partial charge in [-0.15, -0.1) is 0 Å². The SMILES string of the molecule is CCOC(=O)NC(=O)/C(C#N)=C\c1ccccc1C#N. The highest BCUT2D eigenvalue weighted by Crippen LogP contribution is 2.12. The number of imide groups is 1. The van der Waals surface area contributed by atoms with Gasteiger partial charge in [0.15, 0.2) is 0 Å². The van der Waals surface area contributed by atoms with Gasteiger partial charge in [0.2, 0.25) is 0 Å². The number of nitrogens with one attached hydrogen (secondary N) is 1. The Bertz CT molecular complexity index is 636. The van der Waals surface area contributed by atoms with E-state index in [1.165, 1.54) is 6.08 Å². The maximum Gasteiger partial charge on any atom is 0.414 e. The molecule has 1 rings (SSSR count). The van der Waals surface area contributed by atoms with Crippen molar-refractivity contribution in [1.82, 2.24) is 5.32 Å². The van der Waals surface area contributed by atoms with Crippen molar-refractivity contribution in [3.8, 4) is 12.1 Å². The molecule has 0 saturated heterocycles. The van der Waals surface area contributed by atoms with Gasteiger partial charge in [-0.1, -0.05) is 18.2 Å². The average Bonchev–Trinajstić information content (AvgIpc) is 2.45. The fourth-order valence-electron chi connectivity index (χ4n) is 1.36. The lowest BCUT2D eigenvalue weighted by molar-refractivity contribution is -0.116. The highest BCUT2D eigenvalue weighted by molar-refractivity contribution is 6.08. The Balaban J connectivity index is 2.99. The summed E-state index contributed by atoms with van der Waals surface area (Å²) in [6, 6.07) is 10.1. The summed E-state index contributed by atoms with van der Waals surface area (Å²) in [7, 11) is 0. The Morgan fingerprint density at radius 3 is 2.65 bits per heavy atom. The Hall–Kier alpha value is -3.12. The standard InChI is InChI=1S/C14H11N3O3/c1-2-20-14(19)17-13(18)12(9-16)7-10-5-3-4-6-11(10)8-15/h3-7H,2H2,1H3,(H,17,18,19)/b12-7-. The summed E-state index contributed by atoms with van der Waals surface area (Å²) in [5, 5.41) is 19.8. The van der Waals surface area contributed by atoms with Gasteiger partial charge < -0.3 is 4.74 Å². The van der Waals surface area contributed by atoms with Crippen LogP contribution in [0.3, 0.4) is 0 Å². The first kappa shape index (κ1) is 14.9. The zero-order chi connectivity index (χ0) is 15.0. The van der Waals surface area contributed by atoms with Crippen LogP contribution in [-0.4, -0.2) is 18.6 Å². The van der Waals surface area contributed by atoms with Gasteiger partial charge in [-0.3, -0.25) is 10.1 Å². The second kappa shape index (κ2) is 7.34. The third kappa shape index (κ3) is 3.97. The lowest BCUT2D eigenvalue weighted by Crippen LogP contribution is -2.31. The number of rotatable bonds is 3. The number of benzene rings is 1. The topological polar surface area (TPSA) is 103 Å². The lowest BCUT2D eigenvalue weighted by Gasteiger charge is -2.03. The van der Waals surface area contributed by atoms with Crippen molar-refractivity contribution in [2.24, 2.45) is 0 Å². The van der Waals surface area contributed by atoms with Crippen LogP contribution in [0.2, 0.25) is 0 Å². The molecule has 2 amide bonds. The van der Waals surface area contributed by atoms with E-state index in [-0.39, 0.29) is 12.2 Å². The van der Waals surface area contributed by atoms with Gasteiger partial charge in [-0.2, -0.15) is 10.5 Å². The van der Waals surface area contributed by atoms with Crippen molar-refractivity contribution < 1.29 is 14.3 Å². The molecule has 0 fully saturated rings. The summed E-state index contributed by atoms with van der Waals surface area (Å²) in [5.74, 6) is -0.876. The second-order valence-electron chi connectivity index (χ2n) is 3.54. The third-order valence-electron chi connectivity index (χ3n) is 2.24. The van der Waals surface area contributed by atoms with Crippen LogP contribution in [0.4, 0.5) is 4.79 Å². The van der Waals surface area contributed by atoms with Crippen LogP contribution in [0.15, 0.2) is 29.8 Å². The van der Waals surface area contributed by atoms with Crippen LogP contribution in [0.25, 0.3) is 6.08 Å². The van der Waals surface area contributed by atoms with Crippen LogP contribution in [-0.2, 0) is 9.53 Å². The molecule has 0 aliphatic carbocycles. The maximum absolute atomic E-state index is 11.7. The molecule has 0 radical (unpaired) electrons. The normalized spacial score (nSPS) is 10.1. The predicted octanol–water partition coefficient (Wildman–Crippen LogP) is 1.74. The van der Waals surface area contributed by atoms with Gasteiger partial charge in [0, 0.05) is 0 Å². The summed E-state index contributed by atoms with van der Waals surface area (Å²) in [6.07, 6.45) is 0.319. The molecule has 6 heteroatoms. The summed E-state index contributed by atoms with van der Waals surface area (Å²) >= 11 is 0. The monoisotopic (exact) mass is 269 g/mol. The van der Waals surface area contributed by atoms with Crippen LogP contribution in [0.1, 0.15) is 18.1 Å². The minimum atomic E-state index is -0.924. The molecule has 0 saturated carbocycles. The zero-order valence-corrected chi connectivity index (χ0v) is 10.7. The fourth-order valence-corrected chi connectivity index (χ4v) is 1.36. The minimum absolute atomic E-state index is 0.113. The molecule has 0 atom stereocenters.